The van der Waals surface area contributed by atoms with Crippen molar-refractivity contribution < 1.29 is 14.2 Å². The van der Waals surface area contributed by atoms with Gasteiger partial charge in [-0.05, 0) is 67.9 Å². The van der Waals surface area contributed by atoms with E-state index < -0.39 is 0 Å². The van der Waals surface area contributed by atoms with Gasteiger partial charge in [0, 0.05) is 5.57 Å². The number of para-hydroxylation sites is 1. The molecule has 3 aromatic rings. The highest BCUT2D eigenvalue weighted by atomic mass is 16.5. The maximum atomic E-state index is 6.08. The van der Waals surface area contributed by atoms with E-state index in [2.05, 4.69) is 4.99 Å². The predicted molar refractivity (Wildman–Crippen MR) is 113 cm³/mol. The molecule has 0 aliphatic heterocycles. The number of methoxy groups -OCH3 is 1. The fourth-order valence-electron chi connectivity index (χ4n) is 2.46. The van der Waals surface area contributed by atoms with Crippen LogP contribution in [-0.4, -0.2) is 13.0 Å². The maximum absolute atomic E-state index is 6.08. The molecule has 0 saturated heterocycles. The van der Waals surface area contributed by atoms with Crippen LogP contribution in [0.4, 0.5) is 5.69 Å². The van der Waals surface area contributed by atoms with Gasteiger partial charge in [-0.25, -0.2) is 4.99 Å². The van der Waals surface area contributed by atoms with Crippen LogP contribution in [0.15, 0.2) is 95.7 Å². The smallest absolute Gasteiger partial charge is 0.225 e. The summed E-state index contributed by atoms with van der Waals surface area (Å²) in [6.07, 6.45) is 1.65. The van der Waals surface area contributed by atoms with E-state index in [1.807, 2.05) is 92.7 Å². The average molecular weight is 373 g/mol. The number of aliphatic imine (C=N–C) groups is 1. The van der Waals surface area contributed by atoms with Gasteiger partial charge < -0.3 is 14.2 Å². The number of hydrogen-bond acceptors (Lipinski definition) is 4. The Morgan fingerprint density at radius 1 is 0.821 bits per heavy atom. The van der Waals surface area contributed by atoms with Crippen molar-refractivity contribution in [3.8, 4) is 17.2 Å². The summed E-state index contributed by atoms with van der Waals surface area (Å²) in [6.45, 7) is 3.93. The molecule has 4 nitrogen and oxygen atoms in total. The SMILES string of the molecule is COc1ccc(/N=C(Oc2cccc(C)c2)\C(C)=C\Oc2ccccc2)cc1. The summed E-state index contributed by atoms with van der Waals surface area (Å²) >= 11 is 0. The van der Waals surface area contributed by atoms with Crippen LogP contribution in [-0.2, 0) is 0 Å². The Kier molecular flexibility index (Phi) is 6.47. The molecule has 0 bridgehead atoms. The van der Waals surface area contributed by atoms with E-state index in [4.69, 9.17) is 14.2 Å². The first-order valence-electron chi connectivity index (χ1n) is 9.00. The molecule has 0 amide bonds. The van der Waals surface area contributed by atoms with E-state index in [1.54, 1.807) is 13.4 Å². The molecular formula is C24H23NO3. The Morgan fingerprint density at radius 2 is 1.54 bits per heavy atom. The number of rotatable bonds is 6. The molecule has 142 valence electrons. The van der Waals surface area contributed by atoms with E-state index in [-0.39, 0.29) is 0 Å². The molecular weight excluding hydrogens is 350 g/mol. The molecule has 0 saturated carbocycles. The van der Waals surface area contributed by atoms with E-state index in [0.29, 0.717) is 5.90 Å². The minimum atomic E-state index is 0.465. The van der Waals surface area contributed by atoms with Gasteiger partial charge in [0.1, 0.15) is 17.2 Å². The minimum Gasteiger partial charge on any atom is -0.497 e. The summed E-state index contributed by atoms with van der Waals surface area (Å²) in [5.74, 6) is 2.72. The van der Waals surface area contributed by atoms with Crippen LogP contribution in [0, 0.1) is 6.92 Å². The molecule has 0 radical (unpaired) electrons. The number of hydrogen-bond donors (Lipinski definition) is 0. The highest BCUT2D eigenvalue weighted by Crippen LogP contribution is 2.21. The second-order valence-electron chi connectivity index (χ2n) is 6.27. The van der Waals surface area contributed by atoms with Gasteiger partial charge in [0.15, 0.2) is 0 Å². The molecule has 0 fully saturated rings. The van der Waals surface area contributed by atoms with Crippen molar-refractivity contribution in [1.29, 1.82) is 0 Å². The summed E-state index contributed by atoms with van der Waals surface area (Å²) in [5, 5.41) is 0. The van der Waals surface area contributed by atoms with Crippen LogP contribution in [0.3, 0.4) is 0 Å². The van der Waals surface area contributed by atoms with Crippen LogP contribution >= 0.6 is 0 Å². The average Bonchev–Trinajstić information content (AvgIpc) is 2.73. The van der Waals surface area contributed by atoms with Crippen molar-refractivity contribution in [2.45, 2.75) is 13.8 Å². The molecule has 0 unspecified atom stereocenters. The topological polar surface area (TPSA) is 40.0 Å². The number of nitrogens with zero attached hydrogens (tertiary/aromatic N) is 1. The fraction of sp³-hybridized carbons (Fsp3) is 0.125. The van der Waals surface area contributed by atoms with E-state index in [1.165, 1.54) is 0 Å². The first-order valence-corrected chi connectivity index (χ1v) is 9.00. The van der Waals surface area contributed by atoms with Crippen LogP contribution in [0.2, 0.25) is 0 Å². The van der Waals surface area contributed by atoms with Crippen LogP contribution < -0.4 is 14.2 Å². The zero-order chi connectivity index (χ0) is 19.8. The Bertz CT molecular complexity index is 961. The summed E-state index contributed by atoms with van der Waals surface area (Å²) < 4.78 is 17.0. The normalized spacial score (nSPS) is 11.8. The third-order valence-corrected chi connectivity index (χ3v) is 3.96. The number of benzene rings is 3. The molecule has 0 spiro atoms. The molecule has 28 heavy (non-hydrogen) atoms. The third kappa shape index (κ3) is 5.48. The second kappa shape index (κ2) is 9.42. The zero-order valence-corrected chi connectivity index (χ0v) is 16.3. The first kappa shape index (κ1) is 19.2. The largest absolute Gasteiger partial charge is 0.497 e. The summed E-state index contributed by atoms with van der Waals surface area (Å²) in [4.78, 5) is 4.66. The predicted octanol–water partition coefficient (Wildman–Crippen LogP) is 6.10. The van der Waals surface area contributed by atoms with Gasteiger partial charge in [-0.1, -0.05) is 30.3 Å². The molecule has 0 atom stereocenters. The summed E-state index contributed by atoms with van der Waals surface area (Å²) in [6, 6.07) is 24.9. The quantitative estimate of drug-likeness (QED) is 0.298. The van der Waals surface area contributed by atoms with Gasteiger partial charge in [0.25, 0.3) is 0 Å². The van der Waals surface area contributed by atoms with Crippen LogP contribution in [0.5, 0.6) is 17.2 Å². The monoisotopic (exact) mass is 373 g/mol. The van der Waals surface area contributed by atoms with Gasteiger partial charge in [-0.2, -0.15) is 0 Å². The second-order valence-corrected chi connectivity index (χ2v) is 6.27. The highest BCUT2D eigenvalue weighted by Gasteiger charge is 2.08. The molecule has 0 aliphatic carbocycles. The van der Waals surface area contributed by atoms with Crippen LogP contribution in [0.25, 0.3) is 0 Å². The van der Waals surface area contributed by atoms with Gasteiger partial charge >= 0.3 is 0 Å². The number of ether oxygens (including phenoxy) is 3. The van der Waals surface area contributed by atoms with Gasteiger partial charge in [-0.15, -0.1) is 0 Å². The Hall–Kier alpha value is -3.53. The molecule has 0 N–H and O–H groups in total. The lowest BCUT2D eigenvalue weighted by atomic mass is 10.2. The Morgan fingerprint density at radius 3 is 2.21 bits per heavy atom. The van der Waals surface area contributed by atoms with Gasteiger partial charge in [0.05, 0.1) is 19.1 Å². The molecule has 0 aromatic heterocycles. The van der Waals surface area contributed by atoms with Crippen molar-refractivity contribution in [1.82, 2.24) is 0 Å². The molecule has 4 heteroatoms. The maximum Gasteiger partial charge on any atom is 0.225 e. The summed E-state index contributed by atoms with van der Waals surface area (Å²) in [5.41, 5.74) is 2.64. The Balaban J connectivity index is 1.89. The lowest BCUT2D eigenvalue weighted by Gasteiger charge is -2.11. The van der Waals surface area contributed by atoms with E-state index in [9.17, 15) is 0 Å². The third-order valence-electron chi connectivity index (χ3n) is 3.96. The minimum absolute atomic E-state index is 0.465. The van der Waals surface area contributed by atoms with Crippen molar-refractivity contribution in [2.75, 3.05) is 7.11 Å². The van der Waals surface area contributed by atoms with Crippen molar-refractivity contribution in [3.05, 3.63) is 96.3 Å². The molecule has 3 rings (SSSR count). The molecule has 0 aliphatic rings. The highest BCUT2D eigenvalue weighted by molar-refractivity contribution is 5.96. The van der Waals surface area contributed by atoms with Gasteiger partial charge in [0.2, 0.25) is 5.90 Å². The van der Waals surface area contributed by atoms with Crippen LogP contribution in [0.1, 0.15) is 12.5 Å². The Labute approximate surface area is 165 Å². The first-order chi connectivity index (χ1) is 13.6. The number of aryl methyl sites for hydroxylation is 1. The van der Waals surface area contributed by atoms with Crippen molar-refractivity contribution in [3.63, 3.8) is 0 Å². The standard InChI is InChI=1S/C24H23NO3/c1-18-8-7-11-23(16-18)28-24(25-20-12-14-21(26-3)15-13-20)19(2)17-27-22-9-5-4-6-10-22/h4-17H,1-3H3/b19-17+,25-24+. The lowest BCUT2D eigenvalue weighted by molar-refractivity contribution is 0.415. The van der Waals surface area contributed by atoms with Crippen molar-refractivity contribution in [2.24, 2.45) is 4.99 Å². The zero-order valence-electron chi connectivity index (χ0n) is 16.3. The van der Waals surface area contributed by atoms with Crippen molar-refractivity contribution >= 4 is 11.6 Å². The lowest BCUT2D eigenvalue weighted by Crippen LogP contribution is -2.11. The molecule has 0 heterocycles. The summed E-state index contributed by atoms with van der Waals surface area (Å²) in [7, 11) is 1.64. The van der Waals surface area contributed by atoms with E-state index in [0.717, 1.165) is 34.1 Å². The van der Waals surface area contributed by atoms with Gasteiger partial charge in [-0.3, -0.25) is 0 Å². The fourth-order valence-corrected chi connectivity index (χ4v) is 2.46. The van der Waals surface area contributed by atoms with E-state index >= 15 is 0 Å². The molecule has 3 aromatic carbocycles.